The van der Waals surface area contributed by atoms with Crippen molar-refractivity contribution >= 4 is 46.5 Å². The number of hydrogen-bond donors (Lipinski definition) is 10. The van der Waals surface area contributed by atoms with Crippen LogP contribution in [0.3, 0.4) is 0 Å². The third kappa shape index (κ3) is 24.1. The van der Waals surface area contributed by atoms with Crippen LogP contribution in [0.1, 0.15) is 130 Å². The Morgan fingerprint density at radius 2 is 1.01 bits per heavy atom. The van der Waals surface area contributed by atoms with Gasteiger partial charge in [-0.3, -0.25) is 8.98 Å². The van der Waals surface area contributed by atoms with Crippen molar-refractivity contribution in [3.05, 3.63) is 0 Å². The summed E-state index contributed by atoms with van der Waals surface area (Å²) in [6, 6.07) is -5.91. The van der Waals surface area contributed by atoms with Crippen LogP contribution in [0.2, 0.25) is 0 Å². The molecular formula is C48H86N6O22S. The molecule has 77 heavy (non-hydrogen) atoms. The molecule has 0 radical (unpaired) electrons. The fraction of sp³-hybridized carbons (Fsp3) is 0.875. The lowest BCUT2D eigenvalue weighted by atomic mass is 9.83. The van der Waals surface area contributed by atoms with Gasteiger partial charge in [0.2, 0.25) is 5.91 Å². The SMILES string of the molecule is CC(C)(C)OC(=O)NCC[C@H](O)C(=O)N[C@@H]1C[C@H](NC(=O)OC(C)(C)C)C(O[C@H]2OC(CNC(=O)OC(C)(C)C)CCC2NC(=O)OC(C)(C)C)C(OS(C)(=O)=O)[C@H]1O[C@H]1OC(CO)[C@@H](O)[C@H](NC(=O)OC(C)(C)C)C1O. The lowest BCUT2D eigenvalue weighted by Gasteiger charge is -2.50. The Bertz CT molecular complexity index is 2100. The first-order valence-corrected chi connectivity index (χ1v) is 27.2. The molecule has 1 saturated carbocycles. The van der Waals surface area contributed by atoms with Crippen molar-refractivity contribution in [2.45, 2.75) is 243 Å². The fourth-order valence-electron chi connectivity index (χ4n) is 7.98. The topological polar surface area (TPSA) is 382 Å². The summed E-state index contributed by atoms with van der Waals surface area (Å²) in [5.41, 5.74) is -4.90. The van der Waals surface area contributed by atoms with E-state index in [1.165, 1.54) is 0 Å². The highest BCUT2D eigenvalue weighted by atomic mass is 32.2. The van der Waals surface area contributed by atoms with E-state index in [9.17, 15) is 57.6 Å². The molecule has 3 fully saturated rings. The van der Waals surface area contributed by atoms with Crippen LogP contribution in [0, 0.1) is 0 Å². The maximum absolute atomic E-state index is 14.0. The highest BCUT2D eigenvalue weighted by Gasteiger charge is 2.55. The molecule has 2 aliphatic heterocycles. The lowest BCUT2D eigenvalue weighted by Crippen LogP contribution is -2.71. The predicted octanol–water partition coefficient (Wildman–Crippen LogP) is 1.41. The van der Waals surface area contributed by atoms with E-state index in [4.69, 9.17) is 46.8 Å². The second-order valence-electron chi connectivity index (χ2n) is 24.0. The van der Waals surface area contributed by atoms with Gasteiger partial charge in [0.25, 0.3) is 10.1 Å². The van der Waals surface area contributed by atoms with Gasteiger partial charge in [-0.2, -0.15) is 8.42 Å². The maximum Gasteiger partial charge on any atom is 0.408 e. The van der Waals surface area contributed by atoms with E-state index >= 15 is 0 Å². The summed E-state index contributed by atoms with van der Waals surface area (Å²) in [7, 11) is -4.70. The molecule has 0 aromatic rings. The second-order valence-corrected chi connectivity index (χ2v) is 25.6. The van der Waals surface area contributed by atoms with Crippen LogP contribution in [0.25, 0.3) is 0 Å². The largest absolute Gasteiger partial charge is 0.444 e. The number of amides is 6. The molecule has 0 aromatic carbocycles. The third-order valence-electron chi connectivity index (χ3n) is 10.8. The number of nitrogens with one attached hydrogen (secondary N) is 6. The van der Waals surface area contributed by atoms with Crippen LogP contribution < -0.4 is 31.9 Å². The van der Waals surface area contributed by atoms with E-state index < -0.39 is 180 Å². The molecule has 29 heteroatoms. The smallest absolute Gasteiger partial charge is 0.408 e. The molecule has 0 spiro atoms. The molecule has 3 rings (SSSR count). The van der Waals surface area contributed by atoms with Crippen LogP contribution in [0.4, 0.5) is 24.0 Å². The van der Waals surface area contributed by atoms with Crippen LogP contribution >= 0.6 is 0 Å². The van der Waals surface area contributed by atoms with Gasteiger partial charge in [-0.25, -0.2) is 24.0 Å². The minimum atomic E-state index is -4.70. The molecule has 1 aliphatic carbocycles. The van der Waals surface area contributed by atoms with Crippen LogP contribution in [-0.4, -0.2) is 205 Å². The number of alkyl carbamates (subject to hydrolysis) is 5. The van der Waals surface area contributed by atoms with E-state index in [-0.39, 0.29) is 25.9 Å². The number of hydrogen-bond acceptors (Lipinski definition) is 22. The van der Waals surface area contributed by atoms with Gasteiger partial charge in [-0.15, -0.1) is 0 Å². The van der Waals surface area contributed by atoms with Gasteiger partial charge in [-0.05, 0) is 130 Å². The number of aliphatic hydroxyl groups excluding tert-OH is 4. The van der Waals surface area contributed by atoms with Crippen molar-refractivity contribution in [1.29, 1.82) is 0 Å². The summed E-state index contributed by atoms with van der Waals surface area (Å²) in [5.74, 6) is -1.13. The zero-order chi connectivity index (χ0) is 58.8. The van der Waals surface area contributed by atoms with E-state index in [1.807, 2.05) is 0 Å². The van der Waals surface area contributed by atoms with Gasteiger partial charge in [-0.1, -0.05) is 0 Å². The van der Waals surface area contributed by atoms with E-state index in [0.717, 1.165) is 0 Å². The highest BCUT2D eigenvalue weighted by molar-refractivity contribution is 7.86. The Kier molecular flexibility index (Phi) is 23.4. The molecule has 2 saturated heterocycles. The molecule has 6 unspecified atom stereocenters. The third-order valence-corrected chi connectivity index (χ3v) is 11.4. The fourth-order valence-corrected chi connectivity index (χ4v) is 8.61. The van der Waals surface area contributed by atoms with Crippen molar-refractivity contribution in [2.24, 2.45) is 0 Å². The van der Waals surface area contributed by atoms with Crippen LogP contribution in [0.15, 0.2) is 0 Å². The first-order chi connectivity index (χ1) is 35.0. The van der Waals surface area contributed by atoms with Gasteiger partial charge in [0.05, 0.1) is 43.1 Å². The van der Waals surface area contributed by atoms with Gasteiger partial charge >= 0.3 is 30.5 Å². The van der Waals surface area contributed by atoms with E-state index in [1.54, 1.807) is 104 Å². The highest BCUT2D eigenvalue weighted by Crippen LogP contribution is 2.36. The van der Waals surface area contributed by atoms with E-state index in [0.29, 0.717) is 6.26 Å². The van der Waals surface area contributed by atoms with Crippen LogP contribution in [-0.2, 0) is 61.7 Å². The second kappa shape index (κ2) is 27.0. The number of carbonyl (C=O) groups is 6. The van der Waals surface area contributed by atoms with Crippen molar-refractivity contribution < 1.29 is 104 Å². The number of rotatable bonds is 17. The Labute approximate surface area is 450 Å². The van der Waals surface area contributed by atoms with Gasteiger partial charge in [0.1, 0.15) is 70.7 Å². The van der Waals surface area contributed by atoms with Crippen LogP contribution in [0.5, 0.6) is 0 Å². The van der Waals surface area contributed by atoms with Gasteiger partial charge < -0.3 is 95.0 Å². The molecule has 3 aliphatic rings. The molecule has 14 atom stereocenters. The standard InChI is InChI=1S/C48H86N6O22S/c1-44(2,3)71-39(60)49-20-19-28(56)36(59)51-26-21-27(53-42(63)74-47(10,11)12)34(69-37-25(52-41(62)73-46(7,8)9)18-17-24(67-37)22-50-40(61)72-45(4,5)6)35(76-77(16,65)66)33(26)70-38-32(58)30(31(57)29(23-55)68-38)54-43(64)75-48(13,14)15/h24-35,37-38,55-58H,17-23H2,1-16H3,(H,49,60)(H,50,61)(H,51,59)(H,52,62)(H,53,63)(H,54,64)/t24?,25?,26-,27+,28+,29?,30+,31-,32?,33+,34?,35?,37-,38-/m1/s1. The summed E-state index contributed by atoms with van der Waals surface area (Å²) in [4.78, 5) is 79.4. The monoisotopic (exact) mass is 1130 g/mol. The number of carbonyl (C=O) groups excluding carboxylic acids is 6. The average Bonchev–Trinajstić information content (AvgIpc) is 3.21. The minimum absolute atomic E-state index is 0.0807. The van der Waals surface area contributed by atoms with Crippen molar-refractivity contribution in [2.75, 3.05) is 26.0 Å². The number of aliphatic hydroxyl groups is 4. The zero-order valence-electron chi connectivity index (χ0n) is 47.1. The Balaban J connectivity index is 2.27. The minimum Gasteiger partial charge on any atom is -0.444 e. The lowest BCUT2D eigenvalue weighted by molar-refractivity contribution is -0.314. The molecule has 28 nitrogen and oxygen atoms in total. The Hall–Kier alpha value is -4.59. The molecule has 0 bridgehead atoms. The molecule has 10 N–H and O–H groups in total. The Morgan fingerprint density at radius 1 is 0.571 bits per heavy atom. The molecule has 446 valence electrons. The Morgan fingerprint density at radius 3 is 1.49 bits per heavy atom. The predicted molar refractivity (Wildman–Crippen MR) is 270 cm³/mol. The van der Waals surface area contributed by atoms with E-state index in [2.05, 4.69) is 31.9 Å². The quantitative estimate of drug-likeness (QED) is 0.0727. The molecular weight excluding hydrogens is 1040 g/mol. The summed E-state index contributed by atoms with van der Waals surface area (Å²) in [6.45, 7) is 22.7. The molecule has 0 aromatic heterocycles. The first kappa shape index (κ1) is 66.7. The summed E-state index contributed by atoms with van der Waals surface area (Å²) in [6.07, 6.45) is -22.4. The molecule has 2 heterocycles. The van der Waals surface area contributed by atoms with Gasteiger partial charge in [0, 0.05) is 13.1 Å². The summed E-state index contributed by atoms with van der Waals surface area (Å²) in [5, 5.41) is 60.0. The first-order valence-electron chi connectivity index (χ1n) is 25.4. The normalized spacial score (nSPS) is 28.9. The zero-order valence-corrected chi connectivity index (χ0v) is 47.9. The maximum atomic E-state index is 14.0. The van der Waals surface area contributed by atoms with Gasteiger partial charge in [0.15, 0.2) is 12.6 Å². The molecule has 6 amide bonds. The number of ether oxygens (including phenoxy) is 9. The summed E-state index contributed by atoms with van der Waals surface area (Å²) >= 11 is 0. The average molecular weight is 1130 g/mol. The summed E-state index contributed by atoms with van der Waals surface area (Å²) < 4.78 is 85.3. The van der Waals surface area contributed by atoms with Crippen molar-refractivity contribution in [3.8, 4) is 0 Å². The van der Waals surface area contributed by atoms with Crippen molar-refractivity contribution in [1.82, 2.24) is 31.9 Å². The van der Waals surface area contributed by atoms with Crippen molar-refractivity contribution in [3.63, 3.8) is 0 Å².